The molecule has 0 aromatic carbocycles. The number of rotatable bonds is 5. The minimum atomic E-state index is 0.516. The van der Waals surface area contributed by atoms with E-state index in [0.717, 1.165) is 36.8 Å². The third kappa shape index (κ3) is 2.43. The van der Waals surface area contributed by atoms with Crippen LogP contribution in [0.2, 0.25) is 0 Å². The third-order valence-corrected chi connectivity index (χ3v) is 4.98. The lowest BCUT2D eigenvalue weighted by atomic mass is 9.93. The van der Waals surface area contributed by atoms with Gasteiger partial charge in [-0.25, -0.2) is 0 Å². The molecule has 1 saturated heterocycles. The molecule has 2 fully saturated rings. The second-order valence-electron chi connectivity index (χ2n) is 6.06. The van der Waals surface area contributed by atoms with Gasteiger partial charge >= 0.3 is 0 Å². The normalized spacial score (nSPS) is 43.7. The Morgan fingerprint density at radius 3 is 2.76 bits per heavy atom. The van der Waals surface area contributed by atoms with Crippen LogP contribution in [0.25, 0.3) is 0 Å². The van der Waals surface area contributed by atoms with Crippen LogP contribution in [0, 0.1) is 23.7 Å². The summed E-state index contributed by atoms with van der Waals surface area (Å²) in [5.41, 5.74) is 0. The fourth-order valence-corrected chi connectivity index (χ4v) is 3.96. The molecule has 0 radical (unpaired) electrons. The maximum atomic E-state index is 5.74. The Kier molecular flexibility index (Phi) is 3.53. The van der Waals surface area contributed by atoms with Gasteiger partial charge in [-0.3, -0.25) is 0 Å². The summed E-state index contributed by atoms with van der Waals surface area (Å²) >= 11 is 0. The van der Waals surface area contributed by atoms with E-state index in [1.807, 2.05) is 0 Å². The highest BCUT2D eigenvalue weighted by molar-refractivity contribution is 5.10. The van der Waals surface area contributed by atoms with Crippen molar-refractivity contribution in [3.05, 3.63) is 12.2 Å². The number of fused-ring (bicyclic) bond motifs is 2. The summed E-state index contributed by atoms with van der Waals surface area (Å²) in [5.74, 6) is 3.46. The van der Waals surface area contributed by atoms with Gasteiger partial charge in [0.05, 0.1) is 6.10 Å². The van der Waals surface area contributed by atoms with Crippen molar-refractivity contribution in [3.8, 4) is 0 Å². The molecule has 3 aliphatic rings. The molecule has 2 nitrogen and oxygen atoms in total. The smallest absolute Gasteiger partial charge is 0.0613 e. The fraction of sp³-hybridized carbons (Fsp3) is 0.867. The van der Waals surface area contributed by atoms with Crippen molar-refractivity contribution in [3.63, 3.8) is 0 Å². The zero-order valence-electron chi connectivity index (χ0n) is 10.9. The van der Waals surface area contributed by atoms with E-state index >= 15 is 0 Å². The predicted molar refractivity (Wildman–Crippen MR) is 69.9 cm³/mol. The van der Waals surface area contributed by atoms with Crippen LogP contribution in [0.3, 0.4) is 0 Å². The van der Waals surface area contributed by atoms with E-state index in [-0.39, 0.29) is 0 Å². The van der Waals surface area contributed by atoms with Crippen LogP contribution >= 0.6 is 0 Å². The van der Waals surface area contributed by atoms with Gasteiger partial charge in [-0.05, 0) is 55.9 Å². The van der Waals surface area contributed by atoms with Crippen molar-refractivity contribution in [1.82, 2.24) is 5.32 Å². The lowest BCUT2D eigenvalue weighted by molar-refractivity contribution is 0.0870. The first-order valence-corrected chi connectivity index (χ1v) is 7.37. The first-order chi connectivity index (χ1) is 8.36. The van der Waals surface area contributed by atoms with Gasteiger partial charge in [0, 0.05) is 13.2 Å². The first kappa shape index (κ1) is 11.7. The van der Waals surface area contributed by atoms with E-state index in [4.69, 9.17) is 4.74 Å². The lowest BCUT2D eigenvalue weighted by Gasteiger charge is -2.21. The van der Waals surface area contributed by atoms with Gasteiger partial charge in [0.25, 0.3) is 0 Å². The molecule has 2 heteroatoms. The second-order valence-corrected chi connectivity index (χ2v) is 6.06. The van der Waals surface area contributed by atoms with E-state index in [1.54, 1.807) is 0 Å². The van der Waals surface area contributed by atoms with E-state index in [1.165, 1.54) is 32.2 Å². The van der Waals surface area contributed by atoms with Crippen LogP contribution in [-0.4, -0.2) is 25.8 Å². The quantitative estimate of drug-likeness (QED) is 0.740. The average Bonchev–Trinajstić information content (AvgIpc) is 3.04. The summed E-state index contributed by atoms with van der Waals surface area (Å²) in [6.45, 7) is 5.60. The summed E-state index contributed by atoms with van der Waals surface area (Å²) in [6.07, 6.45) is 10.7. The molecular weight excluding hydrogens is 210 g/mol. The van der Waals surface area contributed by atoms with E-state index in [9.17, 15) is 0 Å². The van der Waals surface area contributed by atoms with Crippen molar-refractivity contribution < 1.29 is 4.74 Å². The molecule has 2 aliphatic carbocycles. The highest BCUT2D eigenvalue weighted by atomic mass is 16.5. The van der Waals surface area contributed by atoms with Crippen molar-refractivity contribution in [1.29, 1.82) is 0 Å². The number of hydrogen-bond acceptors (Lipinski definition) is 2. The van der Waals surface area contributed by atoms with E-state index < -0.39 is 0 Å². The molecular formula is C15H25NO. The summed E-state index contributed by atoms with van der Waals surface area (Å²) in [5, 5.41) is 3.70. The van der Waals surface area contributed by atoms with E-state index in [2.05, 4.69) is 24.4 Å². The molecule has 96 valence electrons. The Labute approximate surface area is 105 Å². The number of allylic oxidation sites excluding steroid dienone is 2. The molecule has 5 unspecified atom stereocenters. The van der Waals surface area contributed by atoms with Crippen LogP contribution in [0.5, 0.6) is 0 Å². The lowest BCUT2D eigenvalue weighted by Crippen LogP contribution is -2.32. The van der Waals surface area contributed by atoms with Gasteiger partial charge in [-0.15, -0.1) is 0 Å². The minimum Gasteiger partial charge on any atom is -0.378 e. The molecule has 0 aromatic heterocycles. The maximum Gasteiger partial charge on any atom is 0.0613 e. The van der Waals surface area contributed by atoms with Crippen LogP contribution in [0.15, 0.2) is 12.2 Å². The van der Waals surface area contributed by atoms with Crippen molar-refractivity contribution in [2.45, 2.75) is 38.7 Å². The Bertz CT molecular complexity index is 289. The fourth-order valence-electron chi connectivity index (χ4n) is 3.96. The van der Waals surface area contributed by atoms with E-state index in [0.29, 0.717) is 6.10 Å². The van der Waals surface area contributed by atoms with Crippen molar-refractivity contribution >= 4 is 0 Å². The SMILES string of the molecule is CCC1OCCC1CNCC1CC2C=CC1C2. The molecule has 1 heterocycles. The van der Waals surface area contributed by atoms with Crippen LogP contribution in [0.1, 0.15) is 32.6 Å². The number of nitrogens with one attached hydrogen (secondary N) is 1. The Balaban J connectivity index is 1.39. The van der Waals surface area contributed by atoms with Gasteiger partial charge in [-0.2, -0.15) is 0 Å². The molecule has 3 rings (SSSR count). The largest absolute Gasteiger partial charge is 0.378 e. The molecule has 17 heavy (non-hydrogen) atoms. The monoisotopic (exact) mass is 235 g/mol. The summed E-state index contributed by atoms with van der Waals surface area (Å²) in [7, 11) is 0. The zero-order valence-corrected chi connectivity index (χ0v) is 10.9. The standard InChI is InChI=1S/C15H25NO/c1-2-15-13(5-6-17-15)9-16-10-14-8-11-3-4-12(14)7-11/h3-4,11-16H,2,5-10H2,1H3. The van der Waals surface area contributed by atoms with Gasteiger partial charge in [-0.1, -0.05) is 19.1 Å². The van der Waals surface area contributed by atoms with Crippen molar-refractivity contribution in [2.75, 3.05) is 19.7 Å². The van der Waals surface area contributed by atoms with Crippen molar-refractivity contribution in [2.24, 2.45) is 23.7 Å². The highest BCUT2D eigenvalue weighted by Gasteiger charge is 2.35. The zero-order chi connectivity index (χ0) is 11.7. The molecule has 1 N–H and O–H groups in total. The molecule has 0 amide bonds. The minimum absolute atomic E-state index is 0.516. The summed E-state index contributed by atoms with van der Waals surface area (Å²) in [6, 6.07) is 0. The van der Waals surface area contributed by atoms with Crippen LogP contribution < -0.4 is 5.32 Å². The molecule has 5 atom stereocenters. The summed E-state index contributed by atoms with van der Waals surface area (Å²) in [4.78, 5) is 0. The van der Waals surface area contributed by atoms with Crippen LogP contribution in [-0.2, 0) is 4.74 Å². The molecule has 0 aromatic rings. The molecule has 1 saturated carbocycles. The molecule has 2 bridgehead atoms. The van der Waals surface area contributed by atoms with Gasteiger partial charge in [0.1, 0.15) is 0 Å². The molecule has 0 spiro atoms. The van der Waals surface area contributed by atoms with Gasteiger partial charge in [0.15, 0.2) is 0 Å². The first-order valence-electron chi connectivity index (χ1n) is 7.37. The summed E-state index contributed by atoms with van der Waals surface area (Å²) < 4.78 is 5.74. The van der Waals surface area contributed by atoms with Gasteiger partial charge in [0.2, 0.25) is 0 Å². The average molecular weight is 235 g/mol. The van der Waals surface area contributed by atoms with Crippen LogP contribution in [0.4, 0.5) is 0 Å². The topological polar surface area (TPSA) is 21.3 Å². The second kappa shape index (κ2) is 5.11. The third-order valence-electron chi connectivity index (χ3n) is 4.98. The predicted octanol–water partition coefficient (Wildman–Crippen LogP) is 2.60. The highest BCUT2D eigenvalue weighted by Crippen LogP contribution is 2.42. The van der Waals surface area contributed by atoms with Gasteiger partial charge < -0.3 is 10.1 Å². The number of hydrogen-bond donors (Lipinski definition) is 1. The number of ether oxygens (including phenoxy) is 1. The Morgan fingerprint density at radius 2 is 2.06 bits per heavy atom. The molecule has 1 aliphatic heterocycles. The Morgan fingerprint density at radius 1 is 1.18 bits per heavy atom. The Hall–Kier alpha value is -0.340. The maximum absolute atomic E-state index is 5.74.